The lowest BCUT2D eigenvalue weighted by Gasteiger charge is -2.12. The second kappa shape index (κ2) is 4.28. The van der Waals surface area contributed by atoms with E-state index in [1.165, 1.54) is 5.56 Å². The summed E-state index contributed by atoms with van der Waals surface area (Å²) < 4.78 is 0. The average molecular weight is 316 g/mol. The van der Waals surface area contributed by atoms with Gasteiger partial charge >= 0.3 is 0 Å². The van der Waals surface area contributed by atoms with Gasteiger partial charge in [-0.25, -0.2) is 0 Å². The summed E-state index contributed by atoms with van der Waals surface area (Å²) in [5.41, 5.74) is 2.18. The third kappa shape index (κ3) is 2.29. The average Bonchev–Trinajstić information content (AvgIpc) is 2.56. The van der Waals surface area contributed by atoms with Crippen molar-refractivity contribution in [1.29, 1.82) is 0 Å². The van der Waals surface area contributed by atoms with E-state index in [2.05, 4.69) is 55.8 Å². The van der Waals surface area contributed by atoms with E-state index in [-0.39, 0.29) is 0 Å². The van der Waals surface area contributed by atoms with Gasteiger partial charge in [-0.2, -0.15) is 0 Å². The normalized spacial score (nSPS) is 23.4. The number of rotatable bonds is 3. The van der Waals surface area contributed by atoms with Crippen LogP contribution in [0.1, 0.15) is 33.3 Å². The zero-order valence-corrected chi connectivity index (χ0v) is 13.3. The van der Waals surface area contributed by atoms with E-state index in [9.17, 15) is 0 Å². The van der Waals surface area contributed by atoms with Gasteiger partial charge in [0.1, 0.15) is 0 Å². The fraction of sp³-hybridized carbons (Fsp3) is 0.600. The van der Waals surface area contributed by atoms with Crippen LogP contribution >= 0.6 is 27.5 Å². The summed E-state index contributed by atoms with van der Waals surface area (Å²) in [5.74, 6) is 0.731. The van der Waals surface area contributed by atoms with Gasteiger partial charge in [0.05, 0.1) is 0 Å². The molecule has 1 unspecified atom stereocenters. The van der Waals surface area contributed by atoms with Crippen LogP contribution in [-0.4, -0.2) is 4.83 Å². The van der Waals surface area contributed by atoms with Gasteiger partial charge in [-0.1, -0.05) is 67.4 Å². The van der Waals surface area contributed by atoms with E-state index >= 15 is 0 Å². The maximum atomic E-state index is 6.02. The molecule has 0 bridgehead atoms. The Balaban J connectivity index is 2.07. The van der Waals surface area contributed by atoms with E-state index in [0.717, 1.165) is 17.4 Å². The van der Waals surface area contributed by atoms with Gasteiger partial charge in [0, 0.05) is 9.85 Å². The first-order valence-electron chi connectivity index (χ1n) is 6.15. The predicted molar refractivity (Wildman–Crippen MR) is 78.9 cm³/mol. The van der Waals surface area contributed by atoms with E-state index in [1.54, 1.807) is 0 Å². The molecule has 0 nitrogen and oxygen atoms in total. The molecular weight excluding hydrogens is 296 g/mol. The van der Waals surface area contributed by atoms with Gasteiger partial charge in [0.15, 0.2) is 0 Å². The molecule has 1 fully saturated rings. The van der Waals surface area contributed by atoms with Crippen molar-refractivity contribution >= 4 is 27.5 Å². The van der Waals surface area contributed by atoms with Gasteiger partial charge in [-0.15, -0.1) is 0 Å². The van der Waals surface area contributed by atoms with Crippen LogP contribution in [0.3, 0.4) is 0 Å². The first-order valence-corrected chi connectivity index (χ1v) is 7.44. The molecule has 0 saturated heterocycles. The van der Waals surface area contributed by atoms with Crippen molar-refractivity contribution in [2.45, 2.75) is 38.9 Å². The summed E-state index contributed by atoms with van der Waals surface area (Å²) in [6, 6.07) is 8.18. The molecule has 1 aromatic carbocycles. The van der Waals surface area contributed by atoms with Crippen molar-refractivity contribution in [3.8, 4) is 0 Å². The Morgan fingerprint density at radius 3 is 2.29 bits per heavy atom. The van der Waals surface area contributed by atoms with Crippen LogP contribution in [0.4, 0.5) is 0 Å². The first-order chi connectivity index (χ1) is 7.76. The highest BCUT2D eigenvalue weighted by Crippen LogP contribution is 2.71. The number of alkyl halides is 1. The van der Waals surface area contributed by atoms with Gasteiger partial charge in [-0.3, -0.25) is 0 Å². The summed E-state index contributed by atoms with van der Waals surface area (Å²) in [7, 11) is 0. The zero-order chi connectivity index (χ0) is 12.8. The first kappa shape index (κ1) is 13.4. The summed E-state index contributed by atoms with van der Waals surface area (Å²) in [5, 5.41) is 0.830. The minimum Gasteiger partial charge on any atom is -0.0884 e. The summed E-state index contributed by atoms with van der Waals surface area (Å²) in [4.78, 5) is 0.533. The molecule has 2 rings (SSSR count). The van der Waals surface area contributed by atoms with Crippen LogP contribution in [0.25, 0.3) is 0 Å². The third-order valence-electron chi connectivity index (χ3n) is 4.81. The van der Waals surface area contributed by atoms with Crippen molar-refractivity contribution in [3.05, 3.63) is 34.9 Å². The molecule has 94 valence electrons. The van der Waals surface area contributed by atoms with Crippen molar-refractivity contribution in [2.75, 3.05) is 0 Å². The molecular formula is C15H20BrCl. The fourth-order valence-electron chi connectivity index (χ4n) is 3.16. The SMILES string of the molecule is CC1(C)C(C(Br)Cc2cccc(Cl)c2)C1(C)C. The lowest BCUT2D eigenvalue weighted by atomic mass is 10.0. The quantitative estimate of drug-likeness (QED) is 0.661. The molecule has 0 aliphatic heterocycles. The summed E-state index contributed by atoms with van der Waals surface area (Å²) in [6.45, 7) is 9.46. The smallest absolute Gasteiger partial charge is 0.0408 e. The maximum Gasteiger partial charge on any atom is 0.0408 e. The monoisotopic (exact) mass is 314 g/mol. The predicted octanol–water partition coefficient (Wildman–Crippen LogP) is 5.33. The lowest BCUT2D eigenvalue weighted by molar-refractivity contribution is 0.457. The van der Waals surface area contributed by atoms with E-state index in [0.29, 0.717) is 15.7 Å². The molecule has 1 aliphatic rings. The molecule has 2 heteroatoms. The van der Waals surface area contributed by atoms with Gasteiger partial charge in [0.2, 0.25) is 0 Å². The van der Waals surface area contributed by atoms with Crippen LogP contribution in [0.15, 0.2) is 24.3 Å². The molecule has 1 aliphatic carbocycles. The highest BCUT2D eigenvalue weighted by Gasteiger charge is 2.66. The molecule has 0 amide bonds. The topological polar surface area (TPSA) is 0 Å². The minimum atomic E-state index is 0.430. The Labute approximate surface area is 118 Å². The lowest BCUT2D eigenvalue weighted by Crippen LogP contribution is -2.10. The molecule has 1 atom stereocenters. The van der Waals surface area contributed by atoms with Gasteiger partial charge in [0.25, 0.3) is 0 Å². The van der Waals surface area contributed by atoms with E-state index in [1.807, 2.05) is 12.1 Å². The summed E-state index contributed by atoms with van der Waals surface area (Å²) >= 11 is 9.89. The number of benzene rings is 1. The van der Waals surface area contributed by atoms with Crippen molar-refractivity contribution in [2.24, 2.45) is 16.7 Å². The van der Waals surface area contributed by atoms with Crippen molar-refractivity contribution in [1.82, 2.24) is 0 Å². The molecule has 1 saturated carbocycles. The van der Waals surface area contributed by atoms with E-state index < -0.39 is 0 Å². The van der Waals surface area contributed by atoms with Crippen molar-refractivity contribution < 1.29 is 0 Å². The fourth-order valence-corrected chi connectivity index (χ4v) is 5.07. The van der Waals surface area contributed by atoms with Crippen molar-refractivity contribution in [3.63, 3.8) is 0 Å². The Hall–Kier alpha value is -0.0100. The molecule has 1 aromatic rings. The second-order valence-corrected chi connectivity index (χ2v) is 7.88. The minimum absolute atomic E-state index is 0.430. The molecule has 0 radical (unpaired) electrons. The van der Waals surface area contributed by atoms with Crippen LogP contribution in [0, 0.1) is 16.7 Å². The number of hydrogen-bond acceptors (Lipinski definition) is 0. The molecule has 0 N–H and O–H groups in total. The largest absolute Gasteiger partial charge is 0.0884 e. The molecule has 0 spiro atoms. The Bertz CT molecular complexity index is 409. The third-order valence-corrected chi connectivity index (χ3v) is 5.90. The van der Waals surface area contributed by atoms with E-state index in [4.69, 9.17) is 11.6 Å². The standard InChI is InChI=1S/C15H20BrCl/c1-14(2)13(15(14,3)4)12(16)9-10-6-5-7-11(17)8-10/h5-8,12-13H,9H2,1-4H3. The van der Waals surface area contributed by atoms with Crippen LogP contribution in [-0.2, 0) is 6.42 Å². The van der Waals surface area contributed by atoms with Crippen LogP contribution in [0.2, 0.25) is 5.02 Å². The zero-order valence-electron chi connectivity index (χ0n) is 10.9. The Morgan fingerprint density at radius 2 is 1.82 bits per heavy atom. The Morgan fingerprint density at radius 1 is 1.24 bits per heavy atom. The number of halogens is 2. The van der Waals surface area contributed by atoms with Crippen LogP contribution < -0.4 is 0 Å². The van der Waals surface area contributed by atoms with Gasteiger partial charge in [-0.05, 0) is 40.9 Å². The maximum absolute atomic E-state index is 6.02. The highest BCUT2D eigenvalue weighted by atomic mass is 79.9. The highest BCUT2D eigenvalue weighted by molar-refractivity contribution is 9.09. The number of hydrogen-bond donors (Lipinski definition) is 0. The van der Waals surface area contributed by atoms with Gasteiger partial charge < -0.3 is 0 Å². The molecule has 0 heterocycles. The molecule has 17 heavy (non-hydrogen) atoms. The Kier molecular flexibility index (Phi) is 3.38. The second-order valence-electron chi connectivity index (χ2n) is 6.27. The summed E-state index contributed by atoms with van der Waals surface area (Å²) in [6.07, 6.45) is 1.05. The molecule has 0 aromatic heterocycles. The van der Waals surface area contributed by atoms with Crippen LogP contribution in [0.5, 0.6) is 0 Å².